The Morgan fingerprint density at radius 2 is 1.89 bits per heavy atom. The van der Waals surface area contributed by atoms with Crippen molar-refractivity contribution >= 4 is 33.0 Å². The molecule has 0 bridgehead atoms. The van der Waals surface area contributed by atoms with E-state index in [2.05, 4.69) is 0 Å². The second kappa shape index (κ2) is 5.02. The average Bonchev–Trinajstić information content (AvgIpc) is 2.89. The van der Waals surface area contributed by atoms with Gasteiger partial charge in [-0.2, -0.15) is 0 Å². The summed E-state index contributed by atoms with van der Waals surface area (Å²) in [5.41, 5.74) is 0.519. The predicted molar refractivity (Wildman–Crippen MR) is 73.3 cm³/mol. The molecule has 0 aliphatic heterocycles. The lowest BCUT2D eigenvalue weighted by molar-refractivity contribution is 0.0702. The Morgan fingerprint density at radius 1 is 1.26 bits per heavy atom. The van der Waals surface area contributed by atoms with Crippen LogP contribution in [0.4, 0.5) is 5.69 Å². The largest absolute Gasteiger partial charge is 0.477 e. The highest BCUT2D eigenvalue weighted by Gasteiger charge is 2.23. The first kappa shape index (κ1) is 13.6. The monoisotopic (exact) mass is 297 g/mol. The van der Waals surface area contributed by atoms with Crippen molar-refractivity contribution in [3.05, 3.63) is 46.7 Å². The zero-order chi connectivity index (χ0) is 14.0. The first-order valence-corrected chi connectivity index (χ1v) is 7.60. The Morgan fingerprint density at radius 3 is 2.42 bits per heavy atom. The summed E-state index contributed by atoms with van der Waals surface area (Å²) >= 11 is 0.892. The number of thiophene rings is 1. The third-order valence-electron chi connectivity index (χ3n) is 2.56. The number of anilines is 1. The van der Waals surface area contributed by atoms with Gasteiger partial charge in [-0.3, -0.25) is 4.31 Å². The van der Waals surface area contributed by atoms with Gasteiger partial charge in [0.05, 0.1) is 10.6 Å². The van der Waals surface area contributed by atoms with E-state index in [1.165, 1.54) is 18.5 Å². The van der Waals surface area contributed by atoms with E-state index < -0.39 is 16.0 Å². The summed E-state index contributed by atoms with van der Waals surface area (Å²) in [6.45, 7) is 0. The molecule has 0 spiro atoms. The number of sulfonamides is 1. The molecule has 1 aromatic carbocycles. The van der Waals surface area contributed by atoms with Gasteiger partial charge >= 0.3 is 5.97 Å². The Kier molecular flexibility index (Phi) is 3.59. The highest BCUT2D eigenvalue weighted by atomic mass is 32.2. The number of rotatable bonds is 4. The van der Waals surface area contributed by atoms with Crippen molar-refractivity contribution in [1.82, 2.24) is 0 Å². The molecule has 0 unspecified atom stereocenters. The molecule has 1 N–H and O–H groups in total. The molecule has 0 fully saturated rings. The summed E-state index contributed by atoms with van der Waals surface area (Å²) in [6.07, 6.45) is 0. The van der Waals surface area contributed by atoms with Gasteiger partial charge in [0.25, 0.3) is 10.0 Å². The van der Waals surface area contributed by atoms with Crippen LogP contribution in [0.3, 0.4) is 0 Å². The molecule has 19 heavy (non-hydrogen) atoms. The van der Waals surface area contributed by atoms with E-state index in [0.717, 1.165) is 15.6 Å². The first-order chi connectivity index (χ1) is 8.93. The van der Waals surface area contributed by atoms with Crippen LogP contribution in [0, 0.1) is 0 Å². The number of para-hydroxylation sites is 1. The summed E-state index contributed by atoms with van der Waals surface area (Å²) in [5, 5.41) is 10.2. The van der Waals surface area contributed by atoms with Crippen molar-refractivity contribution < 1.29 is 18.3 Å². The lowest BCUT2D eigenvalue weighted by Gasteiger charge is -2.18. The van der Waals surface area contributed by atoms with Crippen LogP contribution < -0.4 is 4.31 Å². The lowest BCUT2D eigenvalue weighted by atomic mass is 10.3. The Balaban J connectivity index is 2.39. The second-order valence-corrected chi connectivity index (χ2v) is 6.64. The average molecular weight is 297 g/mol. The van der Waals surface area contributed by atoms with Gasteiger partial charge in [0, 0.05) is 12.4 Å². The van der Waals surface area contributed by atoms with Crippen molar-refractivity contribution in [3.63, 3.8) is 0 Å². The van der Waals surface area contributed by atoms with Gasteiger partial charge in [0.2, 0.25) is 0 Å². The van der Waals surface area contributed by atoms with Gasteiger partial charge in [-0.1, -0.05) is 18.2 Å². The van der Waals surface area contributed by atoms with Crippen LogP contribution in [-0.4, -0.2) is 26.5 Å². The zero-order valence-electron chi connectivity index (χ0n) is 9.98. The van der Waals surface area contributed by atoms with Crippen LogP contribution in [-0.2, 0) is 10.0 Å². The standard InChI is InChI=1S/C12H11NO4S2/c1-13(9-5-3-2-4-6-9)19(16,17)10-7-11(12(14)15)18-8-10/h2-8H,1H3,(H,14,15). The molecule has 0 saturated heterocycles. The summed E-state index contributed by atoms with van der Waals surface area (Å²) in [5.74, 6) is -1.13. The number of carboxylic acids is 1. The van der Waals surface area contributed by atoms with Gasteiger partial charge in [-0.15, -0.1) is 11.3 Å². The van der Waals surface area contributed by atoms with Gasteiger partial charge in [-0.25, -0.2) is 13.2 Å². The van der Waals surface area contributed by atoms with Crippen LogP contribution in [0.2, 0.25) is 0 Å². The molecule has 1 heterocycles. The van der Waals surface area contributed by atoms with Crippen molar-refractivity contribution in [3.8, 4) is 0 Å². The molecule has 0 atom stereocenters. The molecule has 0 amide bonds. The van der Waals surface area contributed by atoms with E-state index in [4.69, 9.17) is 5.11 Å². The van der Waals surface area contributed by atoms with Gasteiger partial charge in [-0.05, 0) is 18.2 Å². The maximum absolute atomic E-state index is 12.3. The summed E-state index contributed by atoms with van der Waals surface area (Å²) in [6, 6.07) is 9.76. The number of hydrogen-bond donors (Lipinski definition) is 1. The minimum absolute atomic E-state index is 0.0000340. The molecule has 0 aliphatic carbocycles. The highest BCUT2D eigenvalue weighted by molar-refractivity contribution is 7.93. The van der Waals surface area contributed by atoms with Crippen LogP contribution in [0.1, 0.15) is 9.67 Å². The van der Waals surface area contributed by atoms with Crippen LogP contribution >= 0.6 is 11.3 Å². The topological polar surface area (TPSA) is 74.7 Å². The number of carbonyl (C=O) groups is 1. The molecule has 0 radical (unpaired) electrons. The lowest BCUT2D eigenvalue weighted by Crippen LogP contribution is -2.26. The van der Waals surface area contributed by atoms with Crippen molar-refractivity contribution in [2.24, 2.45) is 0 Å². The second-order valence-electron chi connectivity index (χ2n) is 3.76. The SMILES string of the molecule is CN(c1ccccc1)S(=O)(=O)c1csc(C(=O)O)c1. The summed E-state index contributed by atoms with van der Waals surface area (Å²) in [7, 11) is -2.29. The smallest absolute Gasteiger partial charge is 0.345 e. The first-order valence-electron chi connectivity index (χ1n) is 5.29. The number of hydrogen-bond acceptors (Lipinski definition) is 4. The van der Waals surface area contributed by atoms with Crippen LogP contribution in [0.25, 0.3) is 0 Å². The fraction of sp³-hybridized carbons (Fsp3) is 0.0833. The predicted octanol–water partition coefficient (Wildman–Crippen LogP) is 2.27. The van der Waals surface area contributed by atoms with E-state index in [1.807, 2.05) is 0 Å². The Hall–Kier alpha value is -1.86. The maximum atomic E-state index is 12.3. The Bertz CT molecular complexity index is 692. The molecule has 0 saturated carbocycles. The fourth-order valence-electron chi connectivity index (χ4n) is 1.50. The number of carboxylic acid groups (broad SMARTS) is 1. The molecule has 5 nitrogen and oxygen atoms in total. The number of aromatic carboxylic acids is 1. The van der Waals surface area contributed by atoms with Crippen LogP contribution in [0.5, 0.6) is 0 Å². The molecule has 7 heteroatoms. The number of nitrogens with zero attached hydrogens (tertiary/aromatic N) is 1. The third kappa shape index (κ3) is 2.61. The molecular formula is C12H11NO4S2. The minimum atomic E-state index is -3.72. The highest BCUT2D eigenvalue weighted by Crippen LogP contribution is 2.25. The van der Waals surface area contributed by atoms with E-state index in [0.29, 0.717) is 5.69 Å². The Labute approximate surface area is 114 Å². The fourth-order valence-corrected chi connectivity index (χ4v) is 3.80. The summed E-state index contributed by atoms with van der Waals surface area (Å²) < 4.78 is 25.7. The van der Waals surface area contributed by atoms with Gasteiger partial charge < -0.3 is 5.11 Å². The molecule has 2 rings (SSSR count). The van der Waals surface area contributed by atoms with Crippen LogP contribution in [0.15, 0.2) is 46.7 Å². The normalized spacial score (nSPS) is 11.2. The molecule has 2 aromatic rings. The number of benzene rings is 1. The maximum Gasteiger partial charge on any atom is 0.345 e. The van der Waals surface area contributed by atoms with E-state index in [9.17, 15) is 13.2 Å². The third-order valence-corrected chi connectivity index (χ3v) is 5.40. The van der Waals surface area contributed by atoms with E-state index >= 15 is 0 Å². The minimum Gasteiger partial charge on any atom is -0.477 e. The van der Waals surface area contributed by atoms with E-state index in [1.54, 1.807) is 30.3 Å². The summed E-state index contributed by atoms with van der Waals surface area (Å²) in [4.78, 5) is 10.8. The molecule has 100 valence electrons. The van der Waals surface area contributed by atoms with Gasteiger partial charge in [0.1, 0.15) is 4.88 Å². The van der Waals surface area contributed by atoms with Crippen molar-refractivity contribution in [2.75, 3.05) is 11.4 Å². The molecule has 1 aromatic heterocycles. The van der Waals surface area contributed by atoms with E-state index in [-0.39, 0.29) is 9.77 Å². The zero-order valence-corrected chi connectivity index (χ0v) is 11.6. The van der Waals surface area contributed by atoms with Gasteiger partial charge in [0.15, 0.2) is 0 Å². The molecule has 0 aliphatic rings. The van der Waals surface area contributed by atoms with Crippen molar-refractivity contribution in [1.29, 1.82) is 0 Å². The molecular weight excluding hydrogens is 286 g/mol. The quantitative estimate of drug-likeness (QED) is 0.939. The van der Waals surface area contributed by atoms with Crippen molar-refractivity contribution in [2.45, 2.75) is 4.90 Å².